The minimum absolute atomic E-state index is 0.687. The van der Waals surface area contributed by atoms with Crippen molar-refractivity contribution < 1.29 is 9.29 Å². The average molecular weight is 337 g/mol. The van der Waals surface area contributed by atoms with Crippen LogP contribution in [0.25, 0.3) is 33.2 Å². The van der Waals surface area contributed by atoms with Crippen LogP contribution in [0.15, 0.2) is 53.7 Å². The highest BCUT2D eigenvalue weighted by atomic mass is 32.2. The Morgan fingerprint density at radius 2 is 2.08 bits per heavy atom. The van der Waals surface area contributed by atoms with Crippen LogP contribution >= 0.6 is 0 Å². The van der Waals surface area contributed by atoms with Gasteiger partial charge in [-0.05, 0) is 40.8 Å². The molecule has 2 aromatic heterocycles. The molecule has 0 aliphatic rings. The van der Waals surface area contributed by atoms with Crippen LogP contribution < -0.4 is 4.74 Å². The van der Waals surface area contributed by atoms with Crippen LogP contribution in [0, 0.1) is 0 Å². The fourth-order valence-electron chi connectivity index (χ4n) is 2.87. The molecule has 5 nitrogen and oxygen atoms in total. The zero-order valence-corrected chi connectivity index (χ0v) is 14.1. The van der Waals surface area contributed by atoms with Crippen molar-refractivity contribution >= 4 is 33.0 Å². The number of benzene rings is 2. The maximum atomic E-state index is 12.0. The summed E-state index contributed by atoms with van der Waals surface area (Å²) in [6.07, 6.45) is 5.13. The van der Waals surface area contributed by atoms with Gasteiger partial charge in [-0.1, -0.05) is 12.1 Å². The van der Waals surface area contributed by atoms with Crippen molar-refractivity contribution in [1.82, 2.24) is 15.0 Å². The zero-order valence-electron chi connectivity index (χ0n) is 13.2. The molecule has 4 aromatic rings. The van der Waals surface area contributed by atoms with Crippen LogP contribution in [0.4, 0.5) is 0 Å². The van der Waals surface area contributed by atoms with Crippen LogP contribution in [-0.4, -0.2) is 32.9 Å². The Hall–Kier alpha value is -2.57. The lowest BCUT2D eigenvalue weighted by molar-refractivity contribution is 0.416. The molecular weight excluding hydrogens is 322 g/mol. The Balaban J connectivity index is 1.98. The summed E-state index contributed by atoms with van der Waals surface area (Å²) >= 11 is -1.06. The number of nitrogens with one attached hydrogen (secondary N) is 1. The van der Waals surface area contributed by atoms with Gasteiger partial charge in [0.2, 0.25) is 0 Å². The van der Waals surface area contributed by atoms with Crippen molar-refractivity contribution in [1.29, 1.82) is 0 Å². The van der Waals surface area contributed by atoms with Gasteiger partial charge in [-0.25, -0.2) is 4.98 Å². The SMILES string of the molecule is COc1cc2c([S+](C)[O-])cccc2cc1-c1nc2cnccc2[nH]1. The molecule has 2 heterocycles. The van der Waals surface area contributed by atoms with Gasteiger partial charge in [-0.2, -0.15) is 0 Å². The third-order valence-electron chi connectivity index (χ3n) is 4.01. The minimum Gasteiger partial charge on any atom is -0.612 e. The lowest BCUT2D eigenvalue weighted by Crippen LogP contribution is -1.99. The first-order valence-corrected chi connectivity index (χ1v) is 8.97. The summed E-state index contributed by atoms with van der Waals surface area (Å²) < 4.78 is 17.5. The van der Waals surface area contributed by atoms with E-state index < -0.39 is 11.2 Å². The Bertz CT molecular complexity index is 1010. The molecule has 120 valence electrons. The van der Waals surface area contributed by atoms with E-state index in [4.69, 9.17) is 4.74 Å². The fourth-order valence-corrected chi connectivity index (χ4v) is 3.62. The average Bonchev–Trinajstić information content (AvgIpc) is 3.03. The molecule has 1 N–H and O–H groups in total. The lowest BCUT2D eigenvalue weighted by atomic mass is 10.1. The summed E-state index contributed by atoms with van der Waals surface area (Å²) in [4.78, 5) is 12.8. The second kappa shape index (κ2) is 5.81. The Morgan fingerprint density at radius 3 is 2.83 bits per heavy atom. The number of rotatable bonds is 3. The molecule has 0 radical (unpaired) electrons. The predicted molar refractivity (Wildman–Crippen MR) is 95.7 cm³/mol. The summed E-state index contributed by atoms with van der Waals surface area (Å²) in [5, 5.41) is 1.92. The number of imidazole rings is 1. The molecule has 0 aliphatic carbocycles. The topological polar surface area (TPSA) is 73.9 Å². The van der Waals surface area contributed by atoms with Crippen LogP contribution in [0.5, 0.6) is 5.75 Å². The number of hydrogen-bond acceptors (Lipinski definition) is 4. The zero-order chi connectivity index (χ0) is 16.7. The molecule has 2 aromatic carbocycles. The highest BCUT2D eigenvalue weighted by molar-refractivity contribution is 7.91. The molecular formula is C18H15N3O2S. The van der Waals surface area contributed by atoms with Crippen molar-refractivity contribution in [3.8, 4) is 17.1 Å². The minimum atomic E-state index is -1.06. The molecule has 0 saturated heterocycles. The van der Waals surface area contributed by atoms with Gasteiger partial charge in [0, 0.05) is 11.6 Å². The van der Waals surface area contributed by atoms with Crippen LogP contribution in [0.1, 0.15) is 0 Å². The van der Waals surface area contributed by atoms with Crippen molar-refractivity contribution in [2.45, 2.75) is 4.90 Å². The summed E-state index contributed by atoms with van der Waals surface area (Å²) in [6.45, 7) is 0. The highest BCUT2D eigenvalue weighted by Crippen LogP contribution is 2.35. The summed E-state index contributed by atoms with van der Waals surface area (Å²) in [7, 11) is 1.63. The highest BCUT2D eigenvalue weighted by Gasteiger charge is 2.16. The molecule has 6 heteroatoms. The Kier molecular flexibility index (Phi) is 3.63. The number of ether oxygens (including phenoxy) is 1. The van der Waals surface area contributed by atoms with Crippen molar-refractivity contribution in [2.75, 3.05) is 13.4 Å². The monoisotopic (exact) mass is 337 g/mol. The van der Waals surface area contributed by atoms with Crippen LogP contribution in [-0.2, 0) is 11.2 Å². The van der Waals surface area contributed by atoms with Gasteiger partial charge in [0.1, 0.15) is 23.3 Å². The maximum Gasteiger partial charge on any atom is 0.160 e. The number of aromatic nitrogens is 3. The van der Waals surface area contributed by atoms with E-state index in [1.807, 2.05) is 36.4 Å². The quantitative estimate of drug-likeness (QED) is 0.580. The molecule has 1 atom stereocenters. The standard InChI is InChI=1S/C18H15N3O2S/c1-23-16-9-12-11(4-3-5-17(12)24(2)22)8-13(16)18-20-14-6-7-19-10-15(14)21-18/h3-10H,1-2H3,(H,20,21). The number of hydrogen-bond donors (Lipinski definition) is 1. The van der Waals surface area contributed by atoms with Gasteiger partial charge in [0.25, 0.3) is 0 Å². The van der Waals surface area contributed by atoms with Gasteiger partial charge in [-0.15, -0.1) is 0 Å². The first kappa shape index (κ1) is 15.0. The number of pyridine rings is 1. The van der Waals surface area contributed by atoms with Crippen LogP contribution in [0.2, 0.25) is 0 Å². The normalized spacial score (nSPS) is 12.6. The van der Waals surface area contributed by atoms with E-state index in [0.717, 1.165) is 38.1 Å². The van der Waals surface area contributed by atoms with E-state index in [1.165, 1.54) is 0 Å². The molecule has 0 saturated carbocycles. The van der Waals surface area contributed by atoms with E-state index >= 15 is 0 Å². The van der Waals surface area contributed by atoms with E-state index in [-0.39, 0.29) is 0 Å². The van der Waals surface area contributed by atoms with E-state index in [9.17, 15) is 4.55 Å². The molecule has 0 fully saturated rings. The van der Waals surface area contributed by atoms with Gasteiger partial charge >= 0.3 is 0 Å². The number of aromatic amines is 1. The first-order valence-electron chi connectivity index (χ1n) is 7.41. The number of methoxy groups -OCH3 is 1. The van der Waals surface area contributed by atoms with Crippen LogP contribution in [0.3, 0.4) is 0 Å². The molecule has 0 bridgehead atoms. The molecule has 4 rings (SSSR count). The number of fused-ring (bicyclic) bond motifs is 2. The van der Waals surface area contributed by atoms with Crippen molar-refractivity contribution in [2.24, 2.45) is 0 Å². The number of nitrogens with zero attached hydrogens (tertiary/aromatic N) is 2. The third kappa shape index (κ3) is 2.40. The van der Waals surface area contributed by atoms with Crippen molar-refractivity contribution in [3.05, 3.63) is 48.8 Å². The molecule has 24 heavy (non-hydrogen) atoms. The summed E-state index contributed by atoms with van der Waals surface area (Å²) in [6, 6.07) is 11.6. The lowest BCUT2D eigenvalue weighted by Gasteiger charge is -2.12. The predicted octanol–water partition coefficient (Wildman–Crippen LogP) is 3.52. The van der Waals surface area contributed by atoms with Gasteiger partial charge in [-0.3, -0.25) is 4.98 Å². The van der Waals surface area contributed by atoms with Gasteiger partial charge in [0.15, 0.2) is 4.90 Å². The maximum absolute atomic E-state index is 12.0. The second-order valence-electron chi connectivity index (χ2n) is 5.46. The first-order chi connectivity index (χ1) is 11.7. The Labute approximate surface area is 141 Å². The van der Waals surface area contributed by atoms with E-state index in [1.54, 1.807) is 25.8 Å². The molecule has 0 aliphatic heterocycles. The molecule has 1 unspecified atom stereocenters. The smallest absolute Gasteiger partial charge is 0.160 e. The van der Waals surface area contributed by atoms with E-state index in [2.05, 4.69) is 15.0 Å². The van der Waals surface area contributed by atoms with Gasteiger partial charge in [0.05, 0.1) is 24.4 Å². The second-order valence-corrected chi connectivity index (χ2v) is 6.81. The number of H-pyrrole nitrogens is 1. The van der Waals surface area contributed by atoms with Crippen molar-refractivity contribution in [3.63, 3.8) is 0 Å². The van der Waals surface area contributed by atoms with E-state index in [0.29, 0.717) is 5.75 Å². The Morgan fingerprint density at radius 1 is 1.21 bits per heavy atom. The summed E-state index contributed by atoms with van der Waals surface area (Å²) in [5.74, 6) is 1.41. The fraction of sp³-hybridized carbons (Fsp3) is 0.111. The van der Waals surface area contributed by atoms with Gasteiger partial charge < -0.3 is 14.3 Å². The largest absolute Gasteiger partial charge is 0.612 e. The third-order valence-corrected chi connectivity index (χ3v) is 4.99. The summed E-state index contributed by atoms with van der Waals surface area (Å²) in [5.41, 5.74) is 2.59. The molecule has 0 spiro atoms. The molecule has 0 amide bonds.